The van der Waals surface area contributed by atoms with E-state index >= 15 is 0 Å². The van der Waals surface area contributed by atoms with Crippen molar-refractivity contribution in [1.82, 2.24) is 24.2 Å². The smallest absolute Gasteiger partial charge is 0.199 e. The number of aromatic nitrogens is 4. The van der Waals surface area contributed by atoms with Gasteiger partial charge >= 0.3 is 0 Å². The minimum atomic E-state index is 0.508. The lowest BCUT2D eigenvalue weighted by molar-refractivity contribution is 0.0209. The van der Waals surface area contributed by atoms with E-state index in [2.05, 4.69) is 14.5 Å². The molecule has 0 bridgehead atoms. The molecule has 0 atom stereocenters. The molecule has 0 unspecified atom stereocenters. The zero-order chi connectivity index (χ0) is 14.9. The van der Waals surface area contributed by atoms with Crippen LogP contribution in [0.15, 0.2) is 24.5 Å². The predicted octanol–water partition coefficient (Wildman–Crippen LogP) is 2.10. The second-order valence-electron chi connectivity index (χ2n) is 5.81. The molecular weight excluding hydrogens is 298 g/mol. The van der Waals surface area contributed by atoms with Gasteiger partial charge in [0.25, 0.3) is 0 Å². The van der Waals surface area contributed by atoms with Crippen LogP contribution in [0.4, 0.5) is 0 Å². The fourth-order valence-corrected chi connectivity index (χ4v) is 3.14. The third kappa shape index (κ3) is 2.71. The van der Waals surface area contributed by atoms with Gasteiger partial charge in [-0.15, -0.1) is 0 Å². The normalized spacial score (nSPS) is 19.5. The molecule has 2 aliphatic rings. The van der Waals surface area contributed by atoms with Gasteiger partial charge < -0.3 is 4.74 Å². The van der Waals surface area contributed by atoms with Gasteiger partial charge in [0.15, 0.2) is 10.6 Å². The third-order valence-electron chi connectivity index (χ3n) is 4.16. The molecule has 3 heterocycles. The molecule has 6 nitrogen and oxygen atoms in total. The van der Waals surface area contributed by atoms with Crippen LogP contribution in [0.1, 0.15) is 18.9 Å². The molecule has 0 aromatic carbocycles. The monoisotopic (exact) mass is 317 g/mol. The number of nitrogens with zero attached hydrogens (tertiary/aromatic N) is 5. The van der Waals surface area contributed by atoms with Crippen LogP contribution in [0.5, 0.6) is 0 Å². The van der Waals surface area contributed by atoms with E-state index in [1.807, 2.05) is 16.8 Å². The molecule has 0 radical (unpaired) electrons. The van der Waals surface area contributed by atoms with Crippen LogP contribution in [-0.4, -0.2) is 50.5 Å². The average molecular weight is 317 g/mol. The fraction of sp³-hybridized carbons (Fsp3) is 0.533. The van der Waals surface area contributed by atoms with Crippen LogP contribution < -0.4 is 0 Å². The minimum Gasteiger partial charge on any atom is -0.379 e. The van der Waals surface area contributed by atoms with E-state index in [0.29, 0.717) is 6.04 Å². The molecule has 2 aromatic heterocycles. The molecule has 0 spiro atoms. The number of hydrogen-bond acceptors (Lipinski definition) is 5. The zero-order valence-electron chi connectivity index (χ0n) is 12.4. The van der Waals surface area contributed by atoms with Crippen molar-refractivity contribution in [2.24, 2.45) is 0 Å². The van der Waals surface area contributed by atoms with E-state index in [4.69, 9.17) is 22.1 Å². The highest BCUT2D eigenvalue weighted by Crippen LogP contribution is 2.38. The van der Waals surface area contributed by atoms with Crippen molar-refractivity contribution in [1.29, 1.82) is 0 Å². The molecule has 2 aromatic rings. The zero-order valence-corrected chi connectivity index (χ0v) is 13.2. The van der Waals surface area contributed by atoms with E-state index in [-0.39, 0.29) is 0 Å². The van der Waals surface area contributed by atoms with Gasteiger partial charge in [-0.25, -0.2) is 4.68 Å². The summed E-state index contributed by atoms with van der Waals surface area (Å²) in [5.74, 6) is 0.961. The average Bonchev–Trinajstić information content (AvgIpc) is 3.35. The Labute approximate surface area is 134 Å². The summed E-state index contributed by atoms with van der Waals surface area (Å²) >= 11 is 5.69. The second kappa shape index (κ2) is 5.91. The first-order chi connectivity index (χ1) is 10.8. The molecule has 116 valence electrons. The molecule has 0 amide bonds. The highest BCUT2D eigenvalue weighted by Gasteiger charge is 2.29. The molecule has 0 N–H and O–H groups in total. The number of morpholine rings is 1. The fourth-order valence-electron chi connectivity index (χ4n) is 2.80. The largest absolute Gasteiger partial charge is 0.379 e. The van der Waals surface area contributed by atoms with Crippen molar-refractivity contribution >= 4 is 12.2 Å². The Hall–Kier alpha value is -1.57. The van der Waals surface area contributed by atoms with Crippen molar-refractivity contribution in [3.63, 3.8) is 0 Å². The second-order valence-corrected chi connectivity index (χ2v) is 6.18. The lowest BCUT2D eigenvalue weighted by Crippen LogP contribution is -2.37. The van der Waals surface area contributed by atoms with E-state index in [1.54, 1.807) is 12.4 Å². The van der Waals surface area contributed by atoms with Crippen molar-refractivity contribution in [3.05, 3.63) is 29.3 Å². The van der Waals surface area contributed by atoms with Gasteiger partial charge in [-0.3, -0.25) is 14.5 Å². The quantitative estimate of drug-likeness (QED) is 0.808. The Balaban J connectivity index is 1.69. The Morgan fingerprint density at radius 1 is 1.18 bits per heavy atom. The molecular formula is C15H19N5OS. The van der Waals surface area contributed by atoms with Crippen LogP contribution >= 0.6 is 12.2 Å². The number of pyridine rings is 1. The summed E-state index contributed by atoms with van der Waals surface area (Å²) < 4.78 is 10.4. The van der Waals surface area contributed by atoms with Gasteiger partial charge in [-0.1, -0.05) is 0 Å². The Morgan fingerprint density at radius 3 is 2.59 bits per heavy atom. The summed E-state index contributed by atoms with van der Waals surface area (Å²) in [5, 5.41) is 4.80. The standard InChI is InChI=1S/C15H19N5OS/c22-15-19(11-18-7-9-21-10-8-18)17-14(20(15)13-1-2-13)12-3-5-16-6-4-12/h3-6,13H,1-2,7-11H2. The van der Waals surface area contributed by atoms with E-state index in [9.17, 15) is 0 Å². The molecule has 1 aliphatic carbocycles. The first-order valence-electron chi connectivity index (χ1n) is 7.73. The summed E-state index contributed by atoms with van der Waals surface area (Å²) in [5.41, 5.74) is 1.08. The van der Waals surface area contributed by atoms with Gasteiger partial charge in [-0.2, -0.15) is 5.10 Å². The Bertz CT molecular complexity index is 700. The van der Waals surface area contributed by atoms with Crippen LogP contribution in [0.25, 0.3) is 11.4 Å². The van der Waals surface area contributed by atoms with Gasteiger partial charge in [0.2, 0.25) is 0 Å². The van der Waals surface area contributed by atoms with Crippen molar-refractivity contribution in [3.8, 4) is 11.4 Å². The van der Waals surface area contributed by atoms with Crippen molar-refractivity contribution in [2.45, 2.75) is 25.6 Å². The number of hydrogen-bond donors (Lipinski definition) is 0. The first kappa shape index (κ1) is 14.0. The van der Waals surface area contributed by atoms with Crippen LogP contribution in [0.3, 0.4) is 0 Å². The maximum atomic E-state index is 5.69. The molecule has 1 aliphatic heterocycles. The molecule has 1 saturated carbocycles. The summed E-state index contributed by atoms with van der Waals surface area (Å²) in [7, 11) is 0. The van der Waals surface area contributed by atoms with Gasteiger partial charge in [0, 0.05) is 37.1 Å². The van der Waals surface area contributed by atoms with Crippen molar-refractivity contribution in [2.75, 3.05) is 26.3 Å². The maximum Gasteiger partial charge on any atom is 0.199 e. The van der Waals surface area contributed by atoms with E-state index in [1.165, 1.54) is 12.8 Å². The predicted molar refractivity (Wildman–Crippen MR) is 84.9 cm³/mol. The van der Waals surface area contributed by atoms with Crippen LogP contribution in [0, 0.1) is 4.77 Å². The lowest BCUT2D eigenvalue weighted by Gasteiger charge is -2.26. The Kier molecular flexibility index (Phi) is 3.77. The molecule has 2 fully saturated rings. The molecule has 22 heavy (non-hydrogen) atoms. The van der Waals surface area contributed by atoms with Crippen LogP contribution in [0.2, 0.25) is 0 Å². The molecule has 7 heteroatoms. The van der Waals surface area contributed by atoms with E-state index in [0.717, 1.165) is 49.1 Å². The topological polar surface area (TPSA) is 48.1 Å². The summed E-state index contributed by atoms with van der Waals surface area (Å²) in [6.45, 7) is 4.17. The summed E-state index contributed by atoms with van der Waals surface area (Å²) in [6.07, 6.45) is 5.98. The first-order valence-corrected chi connectivity index (χ1v) is 8.13. The number of rotatable bonds is 4. The third-order valence-corrected chi connectivity index (χ3v) is 4.57. The van der Waals surface area contributed by atoms with E-state index < -0.39 is 0 Å². The maximum absolute atomic E-state index is 5.69. The lowest BCUT2D eigenvalue weighted by atomic mass is 10.2. The van der Waals surface area contributed by atoms with Gasteiger partial charge in [0.1, 0.15) is 0 Å². The Morgan fingerprint density at radius 2 is 1.91 bits per heavy atom. The molecule has 1 saturated heterocycles. The summed E-state index contributed by atoms with van der Waals surface area (Å²) in [6, 6.07) is 4.50. The van der Waals surface area contributed by atoms with Gasteiger partial charge in [0.05, 0.1) is 19.9 Å². The number of ether oxygens (including phenoxy) is 1. The van der Waals surface area contributed by atoms with Gasteiger partial charge in [-0.05, 0) is 37.2 Å². The molecule has 4 rings (SSSR count). The minimum absolute atomic E-state index is 0.508. The highest BCUT2D eigenvalue weighted by molar-refractivity contribution is 7.71. The summed E-state index contributed by atoms with van der Waals surface area (Å²) in [4.78, 5) is 6.43. The van der Waals surface area contributed by atoms with Crippen LogP contribution in [-0.2, 0) is 11.4 Å². The highest BCUT2D eigenvalue weighted by atomic mass is 32.1. The van der Waals surface area contributed by atoms with Crippen molar-refractivity contribution < 1.29 is 4.74 Å². The SMILES string of the molecule is S=c1n(CN2CCOCC2)nc(-c2ccncc2)n1C1CC1.